The van der Waals surface area contributed by atoms with E-state index in [-0.39, 0.29) is 5.75 Å². The molecule has 0 bridgehead atoms. The second-order valence-electron chi connectivity index (χ2n) is 4.88. The molecule has 19 heavy (non-hydrogen) atoms. The molecule has 0 unspecified atom stereocenters. The number of benzene rings is 1. The topological polar surface area (TPSA) is 56.9 Å². The Labute approximate surface area is 112 Å². The van der Waals surface area contributed by atoms with Gasteiger partial charge in [0.25, 0.3) is 0 Å². The van der Waals surface area contributed by atoms with Crippen LogP contribution in [0.1, 0.15) is 29.7 Å². The minimum absolute atomic E-state index is 0.136. The van der Waals surface area contributed by atoms with E-state index in [0.29, 0.717) is 5.56 Å². The molecular weight excluding hydrogens is 236 g/mol. The summed E-state index contributed by atoms with van der Waals surface area (Å²) >= 11 is 0. The van der Waals surface area contributed by atoms with E-state index in [9.17, 15) is 5.11 Å². The molecule has 0 atom stereocenters. The number of aryl methyl sites for hydroxylation is 2. The number of nitriles is 1. The molecule has 0 amide bonds. The molecule has 1 aliphatic carbocycles. The van der Waals surface area contributed by atoms with Crippen molar-refractivity contribution in [3.05, 3.63) is 47.3 Å². The lowest BCUT2D eigenvalue weighted by atomic mass is 9.93. The Balaban J connectivity index is 2.05. The first-order chi connectivity index (χ1) is 9.28. The number of fused-ring (bicyclic) bond motifs is 1. The monoisotopic (exact) mass is 250 g/mol. The summed E-state index contributed by atoms with van der Waals surface area (Å²) in [7, 11) is 0. The van der Waals surface area contributed by atoms with Crippen molar-refractivity contribution >= 4 is 0 Å². The number of hydrogen-bond donors (Lipinski definition) is 1. The van der Waals surface area contributed by atoms with Gasteiger partial charge in [-0.05, 0) is 55.5 Å². The Hall–Kier alpha value is -2.34. The summed E-state index contributed by atoms with van der Waals surface area (Å²) < 4.78 is 0. The van der Waals surface area contributed by atoms with Crippen molar-refractivity contribution in [3.63, 3.8) is 0 Å². The van der Waals surface area contributed by atoms with Crippen LogP contribution in [0.4, 0.5) is 0 Å². The zero-order chi connectivity index (χ0) is 13.2. The van der Waals surface area contributed by atoms with Gasteiger partial charge in [0.1, 0.15) is 5.75 Å². The van der Waals surface area contributed by atoms with Crippen LogP contribution in [-0.4, -0.2) is 10.1 Å². The number of nitrogens with zero attached hydrogens (tertiary/aromatic N) is 2. The smallest absolute Gasteiger partial charge is 0.124 e. The molecule has 3 rings (SSSR count). The quantitative estimate of drug-likeness (QED) is 0.845. The fourth-order valence-corrected chi connectivity index (χ4v) is 2.58. The van der Waals surface area contributed by atoms with Crippen molar-refractivity contribution in [2.45, 2.75) is 25.7 Å². The molecule has 1 aromatic carbocycles. The van der Waals surface area contributed by atoms with Crippen molar-refractivity contribution < 1.29 is 5.11 Å². The fourth-order valence-electron chi connectivity index (χ4n) is 2.58. The first-order valence-corrected chi connectivity index (χ1v) is 6.49. The molecular formula is C16H14N2O. The van der Waals surface area contributed by atoms with Gasteiger partial charge in [0.15, 0.2) is 0 Å². The lowest BCUT2D eigenvalue weighted by Crippen LogP contribution is -2.05. The predicted octanol–water partition coefficient (Wildman–Crippen LogP) is 3.20. The minimum atomic E-state index is 0.136. The summed E-state index contributed by atoms with van der Waals surface area (Å²) in [6.07, 6.45) is 6.34. The number of hydrogen-bond acceptors (Lipinski definition) is 3. The molecule has 0 saturated carbocycles. The van der Waals surface area contributed by atoms with E-state index in [1.54, 1.807) is 12.1 Å². The predicted molar refractivity (Wildman–Crippen MR) is 72.7 cm³/mol. The molecule has 3 heteroatoms. The van der Waals surface area contributed by atoms with E-state index >= 15 is 0 Å². The molecule has 0 aliphatic heterocycles. The molecule has 2 aromatic rings. The van der Waals surface area contributed by atoms with Gasteiger partial charge in [-0.1, -0.05) is 0 Å². The number of pyridine rings is 1. The van der Waals surface area contributed by atoms with Gasteiger partial charge in [0.2, 0.25) is 0 Å². The van der Waals surface area contributed by atoms with E-state index in [1.807, 2.05) is 12.3 Å². The van der Waals surface area contributed by atoms with E-state index in [2.05, 4.69) is 11.1 Å². The Morgan fingerprint density at radius 3 is 2.79 bits per heavy atom. The normalized spacial score (nSPS) is 13.6. The van der Waals surface area contributed by atoms with Crippen LogP contribution in [0.3, 0.4) is 0 Å². The first kappa shape index (κ1) is 11.7. The van der Waals surface area contributed by atoms with Gasteiger partial charge in [-0.15, -0.1) is 0 Å². The summed E-state index contributed by atoms with van der Waals surface area (Å²) in [6.45, 7) is 0. The fraction of sp³-hybridized carbons (Fsp3) is 0.250. The average molecular weight is 250 g/mol. The van der Waals surface area contributed by atoms with Crippen molar-refractivity contribution in [3.8, 4) is 22.9 Å². The second kappa shape index (κ2) is 4.74. The summed E-state index contributed by atoms with van der Waals surface area (Å²) in [5.74, 6) is 0.136. The summed E-state index contributed by atoms with van der Waals surface area (Å²) in [5.41, 5.74) is 4.59. The Morgan fingerprint density at radius 2 is 2.00 bits per heavy atom. The van der Waals surface area contributed by atoms with Gasteiger partial charge in [0.05, 0.1) is 11.6 Å². The third kappa shape index (κ3) is 2.17. The molecule has 1 aromatic heterocycles. The van der Waals surface area contributed by atoms with E-state index in [4.69, 9.17) is 5.26 Å². The van der Waals surface area contributed by atoms with Gasteiger partial charge >= 0.3 is 0 Å². The highest BCUT2D eigenvalue weighted by atomic mass is 16.3. The van der Waals surface area contributed by atoms with Crippen LogP contribution in [0.15, 0.2) is 30.5 Å². The number of phenols is 1. The second-order valence-corrected chi connectivity index (χ2v) is 4.88. The van der Waals surface area contributed by atoms with Crippen LogP contribution < -0.4 is 0 Å². The van der Waals surface area contributed by atoms with Crippen LogP contribution in [-0.2, 0) is 12.8 Å². The van der Waals surface area contributed by atoms with Crippen molar-refractivity contribution in [1.82, 2.24) is 4.98 Å². The summed E-state index contributed by atoms with van der Waals surface area (Å²) in [4.78, 5) is 4.50. The van der Waals surface area contributed by atoms with Gasteiger partial charge in [-0.25, -0.2) is 0 Å². The van der Waals surface area contributed by atoms with Crippen LogP contribution in [0, 0.1) is 11.3 Å². The lowest BCUT2D eigenvalue weighted by molar-refractivity contribution is 0.477. The van der Waals surface area contributed by atoms with E-state index < -0.39 is 0 Å². The number of aromatic nitrogens is 1. The molecule has 1 heterocycles. The highest BCUT2D eigenvalue weighted by Gasteiger charge is 2.13. The third-order valence-corrected chi connectivity index (χ3v) is 3.61. The molecule has 0 radical (unpaired) electrons. The number of aromatic hydroxyl groups is 1. The first-order valence-electron chi connectivity index (χ1n) is 6.49. The molecule has 94 valence electrons. The highest BCUT2D eigenvalue weighted by molar-refractivity contribution is 5.71. The van der Waals surface area contributed by atoms with Crippen molar-refractivity contribution in [1.29, 1.82) is 5.26 Å². The SMILES string of the molecule is N#Cc1ccc(-c2cnc3c(c2)CCCC3)c(O)c1. The van der Waals surface area contributed by atoms with Gasteiger partial charge < -0.3 is 5.11 Å². The zero-order valence-corrected chi connectivity index (χ0v) is 10.6. The Kier molecular flexibility index (Phi) is 2.92. The average Bonchev–Trinajstić information content (AvgIpc) is 2.46. The van der Waals surface area contributed by atoms with Crippen LogP contribution >= 0.6 is 0 Å². The third-order valence-electron chi connectivity index (χ3n) is 3.61. The summed E-state index contributed by atoms with van der Waals surface area (Å²) in [6, 6.07) is 9.12. The maximum Gasteiger partial charge on any atom is 0.124 e. The van der Waals surface area contributed by atoms with Gasteiger partial charge in [0, 0.05) is 23.0 Å². The van der Waals surface area contributed by atoms with Crippen molar-refractivity contribution in [2.75, 3.05) is 0 Å². The maximum absolute atomic E-state index is 10.0. The minimum Gasteiger partial charge on any atom is -0.507 e. The van der Waals surface area contributed by atoms with Crippen LogP contribution in [0.25, 0.3) is 11.1 Å². The van der Waals surface area contributed by atoms with Crippen LogP contribution in [0.5, 0.6) is 5.75 Å². The van der Waals surface area contributed by atoms with E-state index in [0.717, 1.165) is 24.0 Å². The zero-order valence-electron chi connectivity index (χ0n) is 10.6. The molecule has 3 nitrogen and oxygen atoms in total. The molecule has 1 N–H and O–H groups in total. The number of rotatable bonds is 1. The van der Waals surface area contributed by atoms with Crippen LogP contribution in [0.2, 0.25) is 0 Å². The largest absolute Gasteiger partial charge is 0.507 e. The standard InChI is InChI=1S/C16H14N2O/c17-9-11-5-6-14(16(19)7-11)13-8-12-3-1-2-4-15(12)18-10-13/h5-8,10,19H,1-4H2. The van der Waals surface area contributed by atoms with E-state index in [1.165, 1.54) is 30.2 Å². The summed E-state index contributed by atoms with van der Waals surface area (Å²) in [5, 5.41) is 18.8. The molecule has 0 spiro atoms. The molecule has 1 aliphatic rings. The molecule has 0 fully saturated rings. The lowest BCUT2D eigenvalue weighted by Gasteiger charge is -2.15. The Morgan fingerprint density at radius 1 is 1.16 bits per heavy atom. The molecule has 0 saturated heterocycles. The van der Waals surface area contributed by atoms with Gasteiger partial charge in [-0.2, -0.15) is 5.26 Å². The van der Waals surface area contributed by atoms with Gasteiger partial charge in [-0.3, -0.25) is 4.98 Å². The maximum atomic E-state index is 10.0. The number of phenolic OH excluding ortho intramolecular Hbond substituents is 1. The Bertz CT molecular complexity index is 671. The van der Waals surface area contributed by atoms with Crippen molar-refractivity contribution in [2.24, 2.45) is 0 Å². The highest BCUT2D eigenvalue weighted by Crippen LogP contribution is 2.31.